The molecule has 0 aliphatic heterocycles. The molecule has 0 aliphatic rings. The fourth-order valence-electron chi connectivity index (χ4n) is 0.997. The minimum atomic E-state index is -6.58. The van der Waals surface area contributed by atoms with Crippen molar-refractivity contribution in [2.75, 3.05) is 0 Å². The van der Waals surface area contributed by atoms with E-state index in [9.17, 15) is 39.5 Å². The molecule has 9 heteroatoms. The smallest absolute Gasteiger partial charge is 0.237 e. The maximum atomic E-state index is 13.0. The number of halogens is 9. The molecule has 0 saturated heterocycles. The molecule has 0 aromatic heterocycles. The van der Waals surface area contributed by atoms with E-state index in [2.05, 4.69) is 0 Å². The van der Waals surface area contributed by atoms with Crippen LogP contribution in [0.2, 0.25) is 0 Å². The van der Waals surface area contributed by atoms with Crippen molar-refractivity contribution in [3.63, 3.8) is 0 Å². The summed E-state index contributed by atoms with van der Waals surface area (Å²) in [6, 6.07) is 0. The number of alkyl halides is 8. The molecule has 0 bridgehead atoms. The molecule has 0 heterocycles. The number of hydrogen-bond donors (Lipinski definition) is 0. The van der Waals surface area contributed by atoms with Gasteiger partial charge in [0.2, 0.25) is 0 Å². The summed E-state index contributed by atoms with van der Waals surface area (Å²) in [4.78, 5) is 0. The summed E-state index contributed by atoms with van der Waals surface area (Å²) in [6.07, 6.45) is -6.58. The van der Waals surface area contributed by atoms with Crippen molar-refractivity contribution >= 4 is 0 Å². The summed E-state index contributed by atoms with van der Waals surface area (Å²) in [5.74, 6) is -14.7. The van der Waals surface area contributed by atoms with E-state index in [0.29, 0.717) is 13.8 Å². The maximum absolute atomic E-state index is 13.0. The predicted octanol–water partition coefficient (Wildman–Crippen LogP) is 4.81. The molecule has 0 fully saturated rings. The lowest BCUT2D eigenvalue weighted by Crippen LogP contribution is -2.53. The fraction of sp³-hybridized carbons (Fsp3) is 0.778. The first-order valence-corrected chi connectivity index (χ1v) is 4.45. The van der Waals surface area contributed by atoms with E-state index in [1.165, 1.54) is 0 Å². The van der Waals surface area contributed by atoms with Crippen molar-refractivity contribution in [1.82, 2.24) is 0 Å². The van der Waals surface area contributed by atoms with Gasteiger partial charge in [-0.1, -0.05) is 0 Å². The summed E-state index contributed by atoms with van der Waals surface area (Å²) in [5, 5.41) is 0. The van der Waals surface area contributed by atoms with Crippen molar-refractivity contribution in [1.29, 1.82) is 0 Å². The molecule has 0 unspecified atom stereocenters. The average molecular weight is 288 g/mol. The lowest BCUT2D eigenvalue weighted by Gasteiger charge is -2.30. The Kier molecular flexibility index (Phi) is 4.13. The van der Waals surface area contributed by atoms with Crippen molar-refractivity contribution < 1.29 is 39.5 Å². The summed E-state index contributed by atoms with van der Waals surface area (Å²) in [6.45, 7) is 0.803. The third kappa shape index (κ3) is 2.74. The van der Waals surface area contributed by atoms with Crippen LogP contribution in [0.25, 0.3) is 0 Å². The highest BCUT2D eigenvalue weighted by molar-refractivity contribution is 5.24. The van der Waals surface area contributed by atoms with Gasteiger partial charge in [0.15, 0.2) is 5.67 Å². The minimum absolute atomic E-state index is 0.0175. The van der Waals surface area contributed by atoms with Gasteiger partial charge in [-0.25, -0.2) is 8.78 Å². The number of rotatable bonds is 3. The van der Waals surface area contributed by atoms with E-state index in [1.807, 2.05) is 0 Å². The van der Waals surface area contributed by atoms with Gasteiger partial charge in [-0.3, -0.25) is 0 Å². The van der Waals surface area contributed by atoms with Gasteiger partial charge in [-0.15, -0.1) is 0 Å². The summed E-state index contributed by atoms with van der Waals surface area (Å²) >= 11 is 0. The second-order valence-electron chi connectivity index (χ2n) is 4.06. The van der Waals surface area contributed by atoms with E-state index in [4.69, 9.17) is 0 Å². The quantitative estimate of drug-likeness (QED) is 0.654. The van der Waals surface area contributed by atoms with Crippen LogP contribution in [0, 0.1) is 0 Å². The molecule has 0 aromatic carbocycles. The van der Waals surface area contributed by atoms with Gasteiger partial charge in [0.25, 0.3) is 0 Å². The van der Waals surface area contributed by atoms with Gasteiger partial charge in [0.1, 0.15) is 5.83 Å². The molecule has 108 valence electrons. The van der Waals surface area contributed by atoms with Crippen LogP contribution in [0.15, 0.2) is 11.4 Å². The third-order valence-electron chi connectivity index (χ3n) is 2.07. The van der Waals surface area contributed by atoms with Crippen LogP contribution in [-0.2, 0) is 0 Å². The van der Waals surface area contributed by atoms with Gasteiger partial charge in [-0.05, 0) is 20.8 Å². The maximum Gasteiger partial charge on any atom is 0.460 e. The second-order valence-corrected chi connectivity index (χ2v) is 4.06. The monoisotopic (exact) mass is 288 g/mol. The Hall–Kier alpha value is -0.890. The van der Waals surface area contributed by atoms with Crippen LogP contribution in [0.5, 0.6) is 0 Å². The Bertz CT molecular complexity index is 342. The topological polar surface area (TPSA) is 0 Å². The Labute approximate surface area is 96.5 Å². The molecular formula is C9H9F9. The summed E-state index contributed by atoms with van der Waals surface area (Å²) in [5.41, 5.74) is -5.38. The van der Waals surface area contributed by atoms with Crippen LogP contribution < -0.4 is 0 Å². The Morgan fingerprint density at radius 1 is 0.778 bits per heavy atom. The predicted molar refractivity (Wildman–Crippen MR) is 44.9 cm³/mol. The minimum Gasteiger partial charge on any atom is -0.237 e. The lowest BCUT2D eigenvalue weighted by molar-refractivity contribution is -0.344. The van der Waals surface area contributed by atoms with Crippen LogP contribution >= 0.6 is 0 Å². The molecule has 0 radical (unpaired) electrons. The zero-order valence-electron chi connectivity index (χ0n) is 9.40. The molecule has 0 N–H and O–H groups in total. The highest BCUT2D eigenvalue weighted by Crippen LogP contribution is 2.51. The molecule has 0 aliphatic carbocycles. The zero-order valence-corrected chi connectivity index (χ0v) is 9.40. The van der Waals surface area contributed by atoms with Gasteiger partial charge < -0.3 is 0 Å². The number of hydrogen-bond acceptors (Lipinski definition) is 0. The van der Waals surface area contributed by atoms with E-state index < -0.39 is 35.1 Å². The summed E-state index contributed by atoms with van der Waals surface area (Å²) < 4.78 is 112. The Morgan fingerprint density at radius 2 is 1.11 bits per heavy atom. The van der Waals surface area contributed by atoms with Gasteiger partial charge in [0, 0.05) is 5.57 Å². The van der Waals surface area contributed by atoms with E-state index >= 15 is 0 Å². The zero-order chi connectivity index (χ0) is 15.2. The molecule has 0 amide bonds. The molecule has 18 heavy (non-hydrogen) atoms. The first kappa shape index (κ1) is 17.1. The number of allylic oxidation sites excluding steroid dienone is 2. The Balaban J connectivity index is 5.83. The summed E-state index contributed by atoms with van der Waals surface area (Å²) in [7, 11) is 0. The second kappa shape index (κ2) is 4.34. The van der Waals surface area contributed by atoms with Crippen LogP contribution in [0.4, 0.5) is 39.5 Å². The van der Waals surface area contributed by atoms with Gasteiger partial charge >= 0.3 is 18.0 Å². The largest absolute Gasteiger partial charge is 0.460 e. The SMILES string of the molecule is C/C(=C(/F)C(C)(C)F)C(F)(F)C(F)(F)C(F)(F)F. The van der Waals surface area contributed by atoms with E-state index in [-0.39, 0.29) is 6.92 Å². The molecule has 0 saturated carbocycles. The molecule has 0 rings (SSSR count). The first-order valence-electron chi connectivity index (χ1n) is 4.45. The third-order valence-corrected chi connectivity index (χ3v) is 2.07. The van der Waals surface area contributed by atoms with Crippen LogP contribution in [0.1, 0.15) is 20.8 Å². The van der Waals surface area contributed by atoms with Crippen molar-refractivity contribution in [2.24, 2.45) is 0 Å². The first-order chi connectivity index (χ1) is 7.57. The molecule has 0 spiro atoms. The van der Waals surface area contributed by atoms with E-state index in [1.54, 1.807) is 0 Å². The van der Waals surface area contributed by atoms with Crippen LogP contribution in [0.3, 0.4) is 0 Å². The molecule has 0 aromatic rings. The Morgan fingerprint density at radius 3 is 1.33 bits per heavy atom. The van der Waals surface area contributed by atoms with Crippen molar-refractivity contribution in [2.45, 2.75) is 44.5 Å². The fourth-order valence-corrected chi connectivity index (χ4v) is 0.997. The highest BCUT2D eigenvalue weighted by Gasteiger charge is 2.74. The molecule has 0 atom stereocenters. The van der Waals surface area contributed by atoms with Crippen LogP contribution in [-0.4, -0.2) is 23.7 Å². The van der Waals surface area contributed by atoms with Gasteiger partial charge in [0.05, 0.1) is 0 Å². The highest BCUT2D eigenvalue weighted by atomic mass is 19.4. The normalized spacial score (nSPS) is 16.7. The molecular weight excluding hydrogens is 279 g/mol. The molecule has 0 nitrogen and oxygen atoms in total. The standard InChI is InChI=1S/C9H9F9/c1-4(5(10)6(2,3)11)7(12,13)8(14,15)9(16,17)18/h1-3H3/b5-4-. The lowest BCUT2D eigenvalue weighted by atomic mass is 9.97. The van der Waals surface area contributed by atoms with Gasteiger partial charge in [-0.2, -0.15) is 30.7 Å². The average Bonchev–Trinajstić information content (AvgIpc) is 2.11. The van der Waals surface area contributed by atoms with Crippen molar-refractivity contribution in [3.05, 3.63) is 11.4 Å². The van der Waals surface area contributed by atoms with E-state index in [0.717, 1.165) is 0 Å². The van der Waals surface area contributed by atoms with Crippen molar-refractivity contribution in [3.8, 4) is 0 Å².